The molecule has 0 bridgehead atoms. The Morgan fingerprint density at radius 2 is 1.73 bits per heavy atom. The van der Waals surface area contributed by atoms with E-state index in [-0.39, 0.29) is 12.0 Å². The first kappa shape index (κ1) is 17.4. The third-order valence-electron chi connectivity index (χ3n) is 3.71. The molecule has 0 unspecified atom stereocenters. The van der Waals surface area contributed by atoms with E-state index in [1.807, 2.05) is 0 Å². The maximum atomic E-state index is 14.1. The largest absolute Gasteiger partial charge is 0.389 e. The van der Waals surface area contributed by atoms with E-state index in [0.717, 1.165) is 12.1 Å². The average Bonchev–Trinajstić information content (AvgIpc) is 2.46. The molecular formula is C14H16ClF5N2. The van der Waals surface area contributed by atoms with E-state index >= 15 is 0 Å². The van der Waals surface area contributed by atoms with Gasteiger partial charge in [0.25, 0.3) is 0 Å². The van der Waals surface area contributed by atoms with Crippen molar-refractivity contribution >= 4 is 11.6 Å². The van der Waals surface area contributed by atoms with Gasteiger partial charge in [-0.05, 0) is 18.6 Å². The van der Waals surface area contributed by atoms with Crippen LogP contribution in [0.3, 0.4) is 0 Å². The Hall–Kier alpha value is -0.920. The SMILES string of the molecule is Fc1ccc(F)c([C@@H](CCC(F)(F)F)N2CCNCC2)c1Cl. The highest BCUT2D eigenvalue weighted by Crippen LogP contribution is 2.37. The lowest BCUT2D eigenvalue weighted by Crippen LogP contribution is -2.45. The molecule has 1 aromatic carbocycles. The smallest absolute Gasteiger partial charge is 0.314 e. The highest BCUT2D eigenvalue weighted by atomic mass is 35.5. The van der Waals surface area contributed by atoms with E-state index < -0.39 is 35.3 Å². The van der Waals surface area contributed by atoms with E-state index in [4.69, 9.17) is 11.6 Å². The van der Waals surface area contributed by atoms with Crippen molar-refractivity contribution in [2.24, 2.45) is 0 Å². The molecule has 8 heteroatoms. The average molecular weight is 343 g/mol. The van der Waals surface area contributed by atoms with Gasteiger partial charge < -0.3 is 5.32 Å². The number of benzene rings is 1. The van der Waals surface area contributed by atoms with Crippen molar-refractivity contribution in [2.45, 2.75) is 25.1 Å². The van der Waals surface area contributed by atoms with E-state index in [0.29, 0.717) is 26.2 Å². The van der Waals surface area contributed by atoms with Crippen molar-refractivity contribution in [3.05, 3.63) is 34.4 Å². The Balaban J connectivity index is 2.32. The Bertz CT molecular complexity index is 515. The lowest BCUT2D eigenvalue weighted by atomic mass is 9.98. The molecule has 1 atom stereocenters. The van der Waals surface area contributed by atoms with Crippen LogP contribution in [-0.2, 0) is 0 Å². The van der Waals surface area contributed by atoms with Gasteiger partial charge in [-0.15, -0.1) is 0 Å². The summed E-state index contributed by atoms with van der Waals surface area (Å²) in [5.74, 6) is -1.61. The maximum Gasteiger partial charge on any atom is 0.389 e. The van der Waals surface area contributed by atoms with Crippen LogP contribution >= 0.6 is 11.6 Å². The summed E-state index contributed by atoms with van der Waals surface area (Å²) in [5, 5.41) is 2.63. The summed E-state index contributed by atoms with van der Waals surface area (Å²) >= 11 is 5.82. The van der Waals surface area contributed by atoms with Crippen molar-refractivity contribution in [3.63, 3.8) is 0 Å². The summed E-state index contributed by atoms with van der Waals surface area (Å²) in [5.41, 5.74) is -0.187. The minimum atomic E-state index is -4.36. The second kappa shape index (κ2) is 7.10. The fraction of sp³-hybridized carbons (Fsp3) is 0.571. The Morgan fingerprint density at radius 1 is 1.14 bits per heavy atom. The van der Waals surface area contributed by atoms with Crippen molar-refractivity contribution in [1.82, 2.24) is 10.2 Å². The quantitative estimate of drug-likeness (QED) is 0.659. The monoisotopic (exact) mass is 342 g/mol. The van der Waals surface area contributed by atoms with Crippen molar-refractivity contribution < 1.29 is 22.0 Å². The van der Waals surface area contributed by atoms with Crippen LogP contribution in [0.15, 0.2) is 12.1 Å². The Labute approximate surface area is 130 Å². The molecule has 0 saturated carbocycles. The van der Waals surface area contributed by atoms with Crippen molar-refractivity contribution in [3.8, 4) is 0 Å². The second-order valence-electron chi connectivity index (χ2n) is 5.21. The van der Waals surface area contributed by atoms with Crippen molar-refractivity contribution in [2.75, 3.05) is 26.2 Å². The molecule has 0 radical (unpaired) electrons. The number of hydrogen-bond acceptors (Lipinski definition) is 2. The predicted molar refractivity (Wildman–Crippen MR) is 73.8 cm³/mol. The molecule has 0 spiro atoms. The van der Waals surface area contributed by atoms with Crippen LogP contribution in [0.2, 0.25) is 5.02 Å². The van der Waals surface area contributed by atoms with Crippen LogP contribution in [0, 0.1) is 11.6 Å². The van der Waals surface area contributed by atoms with E-state index in [9.17, 15) is 22.0 Å². The molecule has 0 amide bonds. The number of piperazine rings is 1. The molecule has 2 nitrogen and oxygen atoms in total. The van der Waals surface area contributed by atoms with Crippen LogP contribution in [0.4, 0.5) is 22.0 Å². The fourth-order valence-corrected chi connectivity index (χ4v) is 2.93. The van der Waals surface area contributed by atoms with Gasteiger partial charge in [0.2, 0.25) is 0 Å². The lowest BCUT2D eigenvalue weighted by Gasteiger charge is -2.36. The predicted octanol–water partition coefficient (Wildman–Crippen LogP) is 3.91. The number of rotatable bonds is 4. The maximum absolute atomic E-state index is 14.1. The Morgan fingerprint density at radius 3 is 2.32 bits per heavy atom. The van der Waals surface area contributed by atoms with Crippen LogP contribution in [-0.4, -0.2) is 37.3 Å². The number of halogens is 6. The lowest BCUT2D eigenvalue weighted by molar-refractivity contribution is -0.138. The summed E-state index contributed by atoms with van der Waals surface area (Å²) in [7, 11) is 0. The summed E-state index contributed by atoms with van der Waals surface area (Å²) in [6.07, 6.45) is -5.79. The van der Waals surface area contributed by atoms with Gasteiger partial charge in [-0.1, -0.05) is 11.6 Å². The summed E-state index contributed by atoms with van der Waals surface area (Å²) in [6.45, 7) is 2.07. The van der Waals surface area contributed by atoms with E-state index in [1.165, 1.54) is 0 Å². The van der Waals surface area contributed by atoms with Gasteiger partial charge in [-0.3, -0.25) is 4.90 Å². The molecule has 2 rings (SSSR count). The zero-order chi connectivity index (χ0) is 16.3. The van der Waals surface area contributed by atoms with Gasteiger partial charge in [0, 0.05) is 44.2 Å². The van der Waals surface area contributed by atoms with E-state index in [1.54, 1.807) is 4.90 Å². The van der Waals surface area contributed by atoms with Gasteiger partial charge in [0.15, 0.2) is 0 Å². The summed E-state index contributed by atoms with van der Waals surface area (Å²) in [6, 6.07) is 0.880. The van der Waals surface area contributed by atoms with Crippen LogP contribution in [0.25, 0.3) is 0 Å². The molecule has 1 aliphatic heterocycles. The third kappa shape index (κ3) is 4.30. The zero-order valence-corrected chi connectivity index (χ0v) is 12.4. The van der Waals surface area contributed by atoms with Gasteiger partial charge in [0.05, 0.1) is 5.02 Å². The molecule has 1 saturated heterocycles. The van der Waals surface area contributed by atoms with Crippen molar-refractivity contribution in [1.29, 1.82) is 0 Å². The third-order valence-corrected chi connectivity index (χ3v) is 4.09. The standard InChI is InChI=1S/C14H16ClF5N2/c15-13-10(17)2-1-9(16)12(13)11(3-4-14(18,19)20)22-7-5-21-6-8-22/h1-2,11,21H,3-8H2/t11-/m1/s1. The molecule has 0 aliphatic carbocycles. The highest BCUT2D eigenvalue weighted by Gasteiger charge is 2.33. The summed E-state index contributed by atoms with van der Waals surface area (Å²) in [4.78, 5) is 1.71. The molecule has 1 aromatic rings. The first-order valence-electron chi connectivity index (χ1n) is 6.94. The zero-order valence-electron chi connectivity index (χ0n) is 11.7. The first-order valence-corrected chi connectivity index (χ1v) is 7.32. The normalized spacial score (nSPS) is 18.5. The highest BCUT2D eigenvalue weighted by molar-refractivity contribution is 6.31. The number of hydrogen-bond donors (Lipinski definition) is 1. The molecule has 1 N–H and O–H groups in total. The number of alkyl halides is 3. The molecule has 1 aliphatic rings. The second-order valence-corrected chi connectivity index (χ2v) is 5.59. The Kier molecular flexibility index (Phi) is 5.63. The van der Waals surface area contributed by atoms with E-state index in [2.05, 4.69) is 5.32 Å². The molecule has 22 heavy (non-hydrogen) atoms. The molecule has 1 heterocycles. The number of nitrogens with one attached hydrogen (secondary N) is 1. The molecule has 124 valence electrons. The minimum Gasteiger partial charge on any atom is -0.314 e. The fourth-order valence-electron chi connectivity index (χ4n) is 2.65. The van der Waals surface area contributed by atoms with Crippen LogP contribution in [0.1, 0.15) is 24.4 Å². The van der Waals surface area contributed by atoms with Gasteiger partial charge >= 0.3 is 6.18 Å². The topological polar surface area (TPSA) is 15.3 Å². The molecular weight excluding hydrogens is 327 g/mol. The van der Waals surface area contributed by atoms with Gasteiger partial charge in [0.1, 0.15) is 11.6 Å². The van der Waals surface area contributed by atoms with Crippen LogP contribution < -0.4 is 5.32 Å². The van der Waals surface area contributed by atoms with Gasteiger partial charge in [-0.2, -0.15) is 13.2 Å². The van der Waals surface area contributed by atoms with Crippen LogP contribution in [0.5, 0.6) is 0 Å². The summed E-state index contributed by atoms with van der Waals surface area (Å²) < 4.78 is 65.3. The first-order chi connectivity index (χ1) is 10.3. The molecule has 0 aromatic heterocycles. The molecule has 1 fully saturated rings. The van der Waals surface area contributed by atoms with Gasteiger partial charge in [-0.25, -0.2) is 8.78 Å². The number of nitrogens with zero attached hydrogens (tertiary/aromatic N) is 1. The minimum absolute atomic E-state index is 0.187.